The highest BCUT2D eigenvalue weighted by Gasteiger charge is 2.15. The van der Waals surface area contributed by atoms with Gasteiger partial charge < -0.3 is 5.32 Å². The average molecular weight is 308 g/mol. The molecule has 4 heteroatoms. The van der Waals surface area contributed by atoms with E-state index in [0.717, 1.165) is 16.9 Å². The number of aromatic nitrogens is 1. The number of carbonyl (C=O) groups is 1. The third-order valence-electron chi connectivity index (χ3n) is 3.36. The van der Waals surface area contributed by atoms with E-state index in [-0.39, 0.29) is 5.91 Å². The highest BCUT2D eigenvalue weighted by molar-refractivity contribution is 7.13. The summed E-state index contributed by atoms with van der Waals surface area (Å²) in [6.45, 7) is 0.606. The van der Waals surface area contributed by atoms with Crippen LogP contribution in [0.25, 0.3) is 10.4 Å². The maximum Gasteiger partial charge on any atom is 0.271 e. The smallest absolute Gasteiger partial charge is 0.271 e. The van der Waals surface area contributed by atoms with Crippen molar-refractivity contribution in [2.75, 3.05) is 6.54 Å². The lowest BCUT2D eigenvalue weighted by Crippen LogP contribution is -2.26. The number of carbonyl (C=O) groups excluding carboxylic acids is 1. The first-order chi connectivity index (χ1) is 10.8. The summed E-state index contributed by atoms with van der Waals surface area (Å²) in [6, 6.07) is 20.0. The number of thiazole rings is 1. The summed E-state index contributed by atoms with van der Waals surface area (Å²) in [6.07, 6.45) is 0.817. The molecule has 3 nitrogen and oxygen atoms in total. The van der Waals surface area contributed by atoms with Gasteiger partial charge in [-0.25, -0.2) is 4.98 Å². The minimum absolute atomic E-state index is 0.115. The number of rotatable bonds is 5. The second kappa shape index (κ2) is 7.00. The van der Waals surface area contributed by atoms with Gasteiger partial charge in [0.1, 0.15) is 5.69 Å². The topological polar surface area (TPSA) is 42.0 Å². The summed E-state index contributed by atoms with van der Waals surface area (Å²) < 4.78 is 0. The monoisotopic (exact) mass is 308 g/mol. The van der Waals surface area contributed by atoms with Crippen LogP contribution in [-0.4, -0.2) is 17.4 Å². The van der Waals surface area contributed by atoms with Crippen molar-refractivity contribution in [1.29, 1.82) is 0 Å². The molecular weight excluding hydrogens is 292 g/mol. The van der Waals surface area contributed by atoms with Crippen molar-refractivity contribution in [3.8, 4) is 10.4 Å². The third-order valence-corrected chi connectivity index (χ3v) is 4.24. The highest BCUT2D eigenvalue weighted by atomic mass is 32.1. The van der Waals surface area contributed by atoms with Gasteiger partial charge in [0.15, 0.2) is 0 Å². The lowest BCUT2D eigenvalue weighted by molar-refractivity contribution is 0.0950. The molecule has 1 N–H and O–H groups in total. The van der Waals surface area contributed by atoms with Crippen molar-refractivity contribution >= 4 is 17.2 Å². The Kier molecular flexibility index (Phi) is 4.61. The molecule has 1 aromatic heterocycles. The average Bonchev–Trinajstić information content (AvgIpc) is 3.06. The Morgan fingerprint density at radius 2 is 1.68 bits per heavy atom. The third kappa shape index (κ3) is 3.40. The zero-order valence-corrected chi connectivity index (χ0v) is 12.8. The second-order valence-electron chi connectivity index (χ2n) is 4.89. The summed E-state index contributed by atoms with van der Waals surface area (Å²) in [5.41, 5.74) is 4.46. The van der Waals surface area contributed by atoms with E-state index in [1.54, 1.807) is 5.51 Å². The Morgan fingerprint density at radius 3 is 2.41 bits per heavy atom. The molecule has 1 amide bonds. The minimum Gasteiger partial charge on any atom is -0.350 e. The van der Waals surface area contributed by atoms with Crippen LogP contribution >= 0.6 is 11.3 Å². The van der Waals surface area contributed by atoms with E-state index in [9.17, 15) is 4.79 Å². The summed E-state index contributed by atoms with van der Waals surface area (Å²) in [7, 11) is 0. The normalized spacial score (nSPS) is 10.4. The van der Waals surface area contributed by atoms with Gasteiger partial charge in [0.25, 0.3) is 5.91 Å². The fourth-order valence-electron chi connectivity index (χ4n) is 2.25. The fraction of sp³-hybridized carbons (Fsp3) is 0.111. The number of amides is 1. The van der Waals surface area contributed by atoms with Crippen molar-refractivity contribution in [1.82, 2.24) is 10.3 Å². The SMILES string of the molecule is O=C(NCCc1ccccc1)c1ncsc1-c1ccccc1. The van der Waals surface area contributed by atoms with Gasteiger partial charge in [-0.1, -0.05) is 60.7 Å². The minimum atomic E-state index is -0.115. The molecule has 110 valence electrons. The molecule has 0 spiro atoms. The Balaban J connectivity index is 1.65. The van der Waals surface area contributed by atoms with Crippen molar-refractivity contribution < 1.29 is 4.79 Å². The summed E-state index contributed by atoms with van der Waals surface area (Å²) in [5.74, 6) is -0.115. The molecule has 1 heterocycles. The van der Waals surface area contributed by atoms with E-state index in [1.165, 1.54) is 16.9 Å². The highest BCUT2D eigenvalue weighted by Crippen LogP contribution is 2.27. The first-order valence-corrected chi connectivity index (χ1v) is 8.03. The van der Waals surface area contributed by atoms with Gasteiger partial charge in [0.05, 0.1) is 10.4 Å². The molecule has 0 aliphatic rings. The van der Waals surface area contributed by atoms with Gasteiger partial charge in [-0.05, 0) is 17.5 Å². The van der Waals surface area contributed by atoms with Crippen molar-refractivity contribution in [3.05, 3.63) is 77.4 Å². The quantitative estimate of drug-likeness (QED) is 0.779. The molecule has 0 aliphatic heterocycles. The van der Waals surface area contributed by atoms with Gasteiger partial charge in [-0.3, -0.25) is 4.79 Å². The van der Waals surface area contributed by atoms with E-state index >= 15 is 0 Å². The van der Waals surface area contributed by atoms with Crippen LogP contribution < -0.4 is 5.32 Å². The summed E-state index contributed by atoms with van der Waals surface area (Å²) >= 11 is 1.49. The van der Waals surface area contributed by atoms with E-state index < -0.39 is 0 Å². The zero-order chi connectivity index (χ0) is 15.2. The Morgan fingerprint density at radius 1 is 1.00 bits per heavy atom. The van der Waals surface area contributed by atoms with Crippen LogP contribution in [0.3, 0.4) is 0 Å². The zero-order valence-electron chi connectivity index (χ0n) is 12.0. The van der Waals surface area contributed by atoms with Crippen LogP contribution in [0.1, 0.15) is 16.1 Å². The number of nitrogens with one attached hydrogen (secondary N) is 1. The van der Waals surface area contributed by atoms with Crippen LogP contribution in [0.4, 0.5) is 0 Å². The lowest BCUT2D eigenvalue weighted by atomic mass is 10.1. The van der Waals surface area contributed by atoms with E-state index in [0.29, 0.717) is 12.2 Å². The maximum atomic E-state index is 12.3. The number of nitrogens with zero attached hydrogens (tertiary/aromatic N) is 1. The van der Waals surface area contributed by atoms with Gasteiger partial charge >= 0.3 is 0 Å². The molecular formula is C18H16N2OS. The second-order valence-corrected chi connectivity index (χ2v) is 5.74. The Bertz CT molecular complexity index is 738. The molecule has 3 rings (SSSR count). The largest absolute Gasteiger partial charge is 0.350 e. The van der Waals surface area contributed by atoms with Crippen molar-refractivity contribution in [2.24, 2.45) is 0 Å². The number of hydrogen-bond donors (Lipinski definition) is 1. The molecule has 0 atom stereocenters. The molecule has 0 saturated heterocycles. The summed E-state index contributed by atoms with van der Waals surface area (Å²) in [4.78, 5) is 17.5. The molecule has 0 aliphatic carbocycles. The first-order valence-electron chi connectivity index (χ1n) is 7.15. The van der Waals surface area contributed by atoms with Gasteiger partial charge in [0, 0.05) is 6.54 Å². The van der Waals surface area contributed by atoms with Crippen molar-refractivity contribution in [2.45, 2.75) is 6.42 Å². The van der Waals surface area contributed by atoms with Crippen LogP contribution in [0, 0.1) is 0 Å². The van der Waals surface area contributed by atoms with Crippen LogP contribution in [0.15, 0.2) is 66.2 Å². The maximum absolute atomic E-state index is 12.3. The molecule has 0 bridgehead atoms. The Hall–Kier alpha value is -2.46. The van der Waals surface area contributed by atoms with Crippen LogP contribution in [0.5, 0.6) is 0 Å². The standard InChI is InChI=1S/C18H16N2OS/c21-18(19-12-11-14-7-3-1-4-8-14)16-17(22-13-20-16)15-9-5-2-6-10-15/h1-10,13H,11-12H2,(H,19,21). The van der Waals surface area contributed by atoms with E-state index in [4.69, 9.17) is 0 Å². The van der Waals surface area contributed by atoms with Gasteiger partial charge in [0.2, 0.25) is 0 Å². The van der Waals surface area contributed by atoms with Crippen LogP contribution in [0.2, 0.25) is 0 Å². The summed E-state index contributed by atoms with van der Waals surface area (Å²) in [5, 5.41) is 2.95. The first kappa shape index (κ1) is 14.5. The van der Waals surface area contributed by atoms with E-state index in [1.807, 2.05) is 48.5 Å². The molecule has 3 aromatic rings. The van der Waals surface area contributed by atoms with E-state index in [2.05, 4.69) is 22.4 Å². The lowest BCUT2D eigenvalue weighted by Gasteiger charge is -2.05. The molecule has 0 unspecified atom stereocenters. The molecule has 0 radical (unpaired) electrons. The molecule has 2 aromatic carbocycles. The predicted molar refractivity (Wildman–Crippen MR) is 90.0 cm³/mol. The molecule has 22 heavy (non-hydrogen) atoms. The molecule has 0 saturated carbocycles. The predicted octanol–water partition coefficient (Wildman–Crippen LogP) is 3.78. The fourth-order valence-corrected chi connectivity index (χ4v) is 3.04. The number of benzene rings is 2. The van der Waals surface area contributed by atoms with Crippen LogP contribution in [-0.2, 0) is 6.42 Å². The molecule has 0 fully saturated rings. The Labute approximate surface area is 133 Å². The van der Waals surface area contributed by atoms with Crippen molar-refractivity contribution in [3.63, 3.8) is 0 Å². The van der Waals surface area contributed by atoms with Gasteiger partial charge in [-0.2, -0.15) is 0 Å². The van der Waals surface area contributed by atoms with Gasteiger partial charge in [-0.15, -0.1) is 11.3 Å². The number of hydrogen-bond acceptors (Lipinski definition) is 3.